The highest BCUT2D eigenvalue weighted by Gasteiger charge is 2.56. The lowest BCUT2D eigenvalue weighted by Crippen LogP contribution is -2.32. The topological polar surface area (TPSA) is 21.8 Å². The monoisotopic (exact) mass is 240 g/mol. The first-order valence-corrected chi connectivity index (χ1v) is 6.69. The van der Waals surface area contributed by atoms with Crippen LogP contribution in [-0.4, -0.2) is 24.9 Å². The molecule has 1 aliphatic heterocycles. The highest BCUT2D eigenvalue weighted by molar-refractivity contribution is 5.05. The number of epoxide rings is 1. The standard InChI is InChI=1S/C15H28O2/c1-8-11(4)9-15(6)14(17-15)12(5)13(16-7)10(2)3/h8,10-14H,1,9H2,2-7H3/t11-,12-,13+,14-,15?/m1/s1. The molecule has 1 aliphatic rings. The van der Waals surface area contributed by atoms with Gasteiger partial charge < -0.3 is 9.47 Å². The van der Waals surface area contributed by atoms with Crippen LogP contribution in [0.15, 0.2) is 12.7 Å². The lowest BCUT2D eigenvalue weighted by molar-refractivity contribution is 0.0136. The lowest BCUT2D eigenvalue weighted by Gasteiger charge is -2.26. The van der Waals surface area contributed by atoms with E-state index in [1.54, 1.807) is 7.11 Å². The van der Waals surface area contributed by atoms with Crippen LogP contribution in [0.3, 0.4) is 0 Å². The summed E-state index contributed by atoms with van der Waals surface area (Å²) < 4.78 is 11.5. The van der Waals surface area contributed by atoms with Gasteiger partial charge in [0.25, 0.3) is 0 Å². The first-order valence-electron chi connectivity index (χ1n) is 6.69. The summed E-state index contributed by atoms with van der Waals surface area (Å²) in [7, 11) is 1.80. The summed E-state index contributed by atoms with van der Waals surface area (Å²) in [5, 5.41) is 0. The van der Waals surface area contributed by atoms with Gasteiger partial charge in [-0.05, 0) is 25.2 Å². The average Bonchev–Trinajstić information content (AvgIpc) is 2.90. The molecule has 0 aliphatic carbocycles. The Morgan fingerprint density at radius 1 is 1.35 bits per heavy atom. The van der Waals surface area contributed by atoms with Crippen molar-refractivity contribution in [2.45, 2.75) is 58.8 Å². The molecule has 2 heteroatoms. The number of methoxy groups -OCH3 is 1. The molecule has 1 rings (SSSR count). The quantitative estimate of drug-likeness (QED) is 0.500. The van der Waals surface area contributed by atoms with Crippen molar-refractivity contribution in [3.63, 3.8) is 0 Å². The molecule has 0 N–H and O–H groups in total. The molecule has 5 atom stereocenters. The zero-order chi connectivity index (χ0) is 13.2. The van der Waals surface area contributed by atoms with Crippen LogP contribution < -0.4 is 0 Å². The fourth-order valence-corrected chi connectivity index (χ4v) is 3.07. The Bertz CT molecular complexity index is 262. The van der Waals surface area contributed by atoms with Crippen molar-refractivity contribution in [2.75, 3.05) is 7.11 Å². The van der Waals surface area contributed by atoms with Crippen molar-refractivity contribution in [3.8, 4) is 0 Å². The van der Waals surface area contributed by atoms with E-state index in [1.165, 1.54) is 0 Å². The molecule has 0 aromatic carbocycles. The van der Waals surface area contributed by atoms with Gasteiger partial charge in [0.2, 0.25) is 0 Å². The van der Waals surface area contributed by atoms with Crippen molar-refractivity contribution in [3.05, 3.63) is 12.7 Å². The fraction of sp³-hybridized carbons (Fsp3) is 0.867. The first kappa shape index (κ1) is 14.7. The SMILES string of the molecule is C=C[C@@H](C)CC1(C)O[C@@H]1[C@H](C)[C@@H](OC)C(C)C. The summed E-state index contributed by atoms with van der Waals surface area (Å²) in [5.41, 5.74) is 0.0265. The molecule has 1 unspecified atom stereocenters. The third-order valence-corrected chi connectivity index (χ3v) is 4.00. The van der Waals surface area contributed by atoms with Crippen LogP contribution in [0.1, 0.15) is 41.0 Å². The van der Waals surface area contributed by atoms with E-state index in [9.17, 15) is 0 Å². The van der Waals surface area contributed by atoms with Crippen LogP contribution in [0.4, 0.5) is 0 Å². The van der Waals surface area contributed by atoms with Gasteiger partial charge in [-0.2, -0.15) is 0 Å². The third-order valence-electron chi connectivity index (χ3n) is 4.00. The summed E-state index contributed by atoms with van der Waals surface area (Å²) >= 11 is 0. The number of ether oxygens (including phenoxy) is 2. The maximum Gasteiger partial charge on any atom is 0.0929 e. The first-order chi connectivity index (χ1) is 7.85. The summed E-state index contributed by atoms with van der Waals surface area (Å²) in [6.07, 6.45) is 3.67. The van der Waals surface area contributed by atoms with Gasteiger partial charge >= 0.3 is 0 Å². The predicted octanol–water partition coefficient (Wildman–Crippen LogP) is 3.66. The van der Waals surface area contributed by atoms with Crippen LogP contribution in [0.25, 0.3) is 0 Å². The normalized spacial score (nSPS) is 33.2. The third kappa shape index (κ3) is 3.32. The van der Waals surface area contributed by atoms with Crippen molar-refractivity contribution in [1.82, 2.24) is 0 Å². The summed E-state index contributed by atoms with van der Waals surface area (Å²) in [6, 6.07) is 0. The zero-order valence-electron chi connectivity index (χ0n) is 12.2. The average molecular weight is 240 g/mol. The van der Waals surface area contributed by atoms with Crippen LogP contribution in [0.2, 0.25) is 0 Å². The van der Waals surface area contributed by atoms with Gasteiger partial charge in [-0.25, -0.2) is 0 Å². The predicted molar refractivity (Wildman–Crippen MR) is 72.1 cm³/mol. The molecular formula is C15H28O2. The van der Waals surface area contributed by atoms with E-state index >= 15 is 0 Å². The minimum atomic E-state index is 0.0265. The Balaban J connectivity index is 2.56. The summed E-state index contributed by atoms with van der Waals surface area (Å²) in [4.78, 5) is 0. The molecular weight excluding hydrogens is 212 g/mol. The molecule has 100 valence electrons. The molecule has 1 fully saturated rings. The number of rotatable bonds is 7. The second-order valence-electron chi connectivity index (χ2n) is 6.07. The van der Waals surface area contributed by atoms with E-state index in [0.29, 0.717) is 23.9 Å². The molecule has 0 aromatic rings. The zero-order valence-corrected chi connectivity index (χ0v) is 12.2. The summed E-state index contributed by atoms with van der Waals surface area (Å²) in [6.45, 7) is 14.9. The molecule has 0 amide bonds. The van der Waals surface area contributed by atoms with E-state index in [0.717, 1.165) is 6.42 Å². The van der Waals surface area contributed by atoms with E-state index in [1.807, 2.05) is 6.08 Å². The smallest absolute Gasteiger partial charge is 0.0929 e. The maximum atomic E-state index is 5.94. The van der Waals surface area contributed by atoms with E-state index < -0.39 is 0 Å². The molecule has 2 nitrogen and oxygen atoms in total. The van der Waals surface area contributed by atoms with E-state index in [-0.39, 0.29) is 11.7 Å². The van der Waals surface area contributed by atoms with Crippen molar-refractivity contribution >= 4 is 0 Å². The second-order valence-corrected chi connectivity index (χ2v) is 6.07. The van der Waals surface area contributed by atoms with Gasteiger partial charge in [0.1, 0.15) is 0 Å². The Kier molecular flexibility index (Phi) is 4.79. The van der Waals surface area contributed by atoms with Gasteiger partial charge in [0, 0.05) is 13.0 Å². The Hall–Kier alpha value is -0.340. The van der Waals surface area contributed by atoms with Crippen LogP contribution in [-0.2, 0) is 9.47 Å². The molecule has 0 bridgehead atoms. The minimum Gasteiger partial charge on any atom is -0.381 e. The van der Waals surface area contributed by atoms with Gasteiger partial charge in [0.15, 0.2) is 0 Å². The maximum absolute atomic E-state index is 5.94. The molecule has 17 heavy (non-hydrogen) atoms. The Morgan fingerprint density at radius 2 is 1.94 bits per heavy atom. The lowest BCUT2D eigenvalue weighted by atomic mass is 9.84. The van der Waals surface area contributed by atoms with Crippen LogP contribution in [0, 0.1) is 17.8 Å². The van der Waals surface area contributed by atoms with Gasteiger partial charge in [0.05, 0.1) is 17.8 Å². The number of hydrogen-bond acceptors (Lipinski definition) is 2. The Morgan fingerprint density at radius 3 is 2.35 bits per heavy atom. The fourth-order valence-electron chi connectivity index (χ4n) is 3.07. The molecule has 0 saturated carbocycles. The molecule has 1 saturated heterocycles. The largest absolute Gasteiger partial charge is 0.381 e. The van der Waals surface area contributed by atoms with Gasteiger partial charge in [-0.3, -0.25) is 0 Å². The second kappa shape index (κ2) is 5.53. The van der Waals surface area contributed by atoms with E-state index in [4.69, 9.17) is 9.47 Å². The van der Waals surface area contributed by atoms with Crippen molar-refractivity contribution in [1.29, 1.82) is 0 Å². The summed E-state index contributed by atoms with van der Waals surface area (Å²) in [5.74, 6) is 1.49. The van der Waals surface area contributed by atoms with E-state index in [2.05, 4.69) is 41.2 Å². The minimum absolute atomic E-state index is 0.0265. The highest BCUT2D eigenvalue weighted by atomic mass is 16.6. The van der Waals surface area contributed by atoms with Crippen molar-refractivity contribution in [2.24, 2.45) is 17.8 Å². The van der Waals surface area contributed by atoms with Crippen LogP contribution >= 0.6 is 0 Å². The molecule has 0 radical (unpaired) electrons. The number of allylic oxidation sites excluding steroid dienone is 1. The van der Waals surface area contributed by atoms with Gasteiger partial charge in [-0.15, -0.1) is 6.58 Å². The highest BCUT2D eigenvalue weighted by Crippen LogP contribution is 2.47. The Labute approximate surface area is 106 Å². The molecule has 0 spiro atoms. The number of hydrogen-bond donors (Lipinski definition) is 0. The molecule has 0 aromatic heterocycles. The van der Waals surface area contributed by atoms with Crippen LogP contribution in [0.5, 0.6) is 0 Å². The van der Waals surface area contributed by atoms with Gasteiger partial charge in [-0.1, -0.05) is 33.8 Å². The molecule has 1 heterocycles. The van der Waals surface area contributed by atoms with Crippen molar-refractivity contribution < 1.29 is 9.47 Å².